The quantitative estimate of drug-likeness (QED) is 0.323. The normalized spacial score (nSPS) is 21.0. The van der Waals surface area contributed by atoms with Crippen molar-refractivity contribution >= 4 is 69.2 Å². The van der Waals surface area contributed by atoms with Crippen LogP contribution in [-0.4, -0.2) is 35.3 Å². The van der Waals surface area contributed by atoms with Crippen LogP contribution in [-0.2, 0) is 10.4 Å². The molecule has 2 aliphatic rings. The predicted molar refractivity (Wildman–Crippen MR) is 129 cm³/mol. The van der Waals surface area contributed by atoms with Gasteiger partial charge in [-0.1, -0.05) is 34.4 Å². The third kappa shape index (κ3) is 4.33. The maximum atomic E-state index is 14.2. The summed E-state index contributed by atoms with van der Waals surface area (Å²) < 4.78 is 43.1. The van der Waals surface area contributed by atoms with Crippen LogP contribution in [0.15, 0.2) is 35.5 Å². The molecular weight excluding hydrogens is 599 g/mol. The van der Waals surface area contributed by atoms with Crippen LogP contribution in [0.3, 0.4) is 0 Å². The Morgan fingerprint density at radius 1 is 1.25 bits per heavy atom. The van der Waals surface area contributed by atoms with Crippen molar-refractivity contribution < 1.29 is 22.8 Å². The van der Waals surface area contributed by atoms with Gasteiger partial charge in [0.1, 0.15) is 0 Å². The zero-order valence-electron chi connectivity index (χ0n) is 16.5. The molecule has 0 radical (unpaired) electrons. The summed E-state index contributed by atoms with van der Waals surface area (Å²) in [6.07, 6.45) is -5.32. The number of halogens is 6. The molecule has 0 aromatic heterocycles. The first-order valence-electron chi connectivity index (χ1n) is 9.48. The molecule has 0 aliphatic carbocycles. The standard InChI is InChI=1S/C21H16Cl2F3IN2O2S/c1-10-4-11(2-3-14(10)19(30)28-13-8-32-9-13)17-7-20(31-29-17,21(24,25)26)12-5-15(22)18(27)16(23)6-12/h2-6,13H,7-9H2,1H3,(H,28,30). The molecule has 1 saturated heterocycles. The van der Waals surface area contributed by atoms with Gasteiger partial charge in [0.25, 0.3) is 11.5 Å². The number of oxime groups is 1. The number of alkyl halides is 3. The molecule has 1 amide bonds. The van der Waals surface area contributed by atoms with Gasteiger partial charge < -0.3 is 10.2 Å². The maximum Gasteiger partial charge on any atom is 0.435 e. The number of aryl methyl sites for hydroxylation is 1. The summed E-state index contributed by atoms with van der Waals surface area (Å²) in [5, 5.41) is 6.92. The molecule has 0 spiro atoms. The van der Waals surface area contributed by atoms with Crippen molar-refractivity contribution in [3.8, 4) is 0 Å². The van der Waals surface area contributed by atoms with Crippen molar-refractivity contribution in [3.63, 3.8) is 0 Å². The Kier molecular flexibility index (Phi) is 6.65. The average Bonchev–Trinajstić information content (AvgIpc) is 3.15. The molecular formula is C21H16Cl2F3IN2O2S. The number of hydrogen-bond donors (Lipinski definition) is 1. The first-order chi connectivity index (χ1) is 15.0. The van der Waals surface area contributed by atoms with Gasteiger partial charge in [0.2, 0.25) is 0 Å². The van der Waals surface area contributed by atoms with Gasteiger partial charge in [0.05, 0.1) is 19.3 Å². The lowest BCUT2D eigenvalue weighted by Crippen LogP contribution is -2.44. The molecule has 11 heteroatoms. The molecule has 32 heavy (non-hydrogen) atoms. The van der Waals surface area contributed by atoms with Crippen LogP contribution < -0.4 is 5.32 Å². The van der Waals surface area contributed by atoms with Crippen molar-refractivity contribution in [1.82, 2.24) is 5.32 Å². The van der Waals surface area contributed by atoms with E-state index in [9.17, 15) is 18.0 Å². The van der Waals surface area contributed by atoms with E-state index in [1.807, 2.05) is 22.6 Å². The topological polar surface area (TPSA) is 50.7 Å². The van der Waals surface area contributed by atoms with Gasteiger partial charge in [-0.3, -0.25) is 4.79 Å². The van der Waals surface area contributed by atoms with Crippen LogP contribution in [0.1, 0.15) is 33.5 Å². The highest BCUT2D eigenvalue weighted by atomic mass is 127. The van der Waals surface area contributed by atoms with E-state index in [-0.39, 0.29) is 33.3 Å². The Balaban J connectivity index is 1.62. The molecule has 170 valence electrons. The third-order valence-corrected chi connectivity index (χ3v) is 9.09. The summed E-state index contributed by atoms with van der Waals surface area (Å²) in [7, 11) is 0. The first-order valence-corrected chi connectivity index (χ1v) is 12.5. The molecule has 4 nitrogen and oxygen atoms in total. The number of benzene rings is 2. The van der Waals surface area contributed by atoms with Crippen molar-refractivity contribution in [2.24, 2.45) is 5.16 Å². The molecule has 0 saturated carbocycles. The second-order valence-corrected chi connectivity index (χ2v) is 10.6. The molecule has 1 fully saturated rings. The molecule has 1 atom stereocenters. The van der Waals surface area contributed by atoms with E-state index in [0.717, 1.165) is 11.5 Å². The molecule has 2 aromatic rings. The van der Waals surface area contributed by atoms with Crippen LogP contribution in [0.5, 0.6) is 0 Å². The third-order valence-electron chi connectivity index (χ3n) is 5.41. The molecule has 2 aliphatic heterocycles. The van der Waals surface area contributed by atoms with E-state index in [1.165, 1.54) is 12.1 Å². The Labute approximate surface area is 210 Å². The van der Waals surface area contributed by atoms with Crippen molar-refractivity contribution in [1.29, 1.82) is 0 Å². The fourth-order valence-electron chi connectivity index (χ4n) is 3.53. The Bertz CT molecular complexity index is 1100. The second kappa shape index (κ2) is 8.88. The number of rotatable bonds is 4. The maximum absolute atomic E-state index is 14.2. The molecule has 2 aromatic carbocycles. The summed E-state index contributed by atoms with van der Waals surface area (Å²) in [5.74, 6) is 1.56. The molecule has 1 N–H and O–H groups in total. The Hall–Kier alpha value is -1.17. The number of carbonyl (C=O) groups is 1. The van der Waals surface area contributed by atoms with E-state index in [1.54, 1.807) is 36.9 Å². The smallest absolute Gasteiger partial charge is 0.374 e. The van der Waals surface area contributed by atoms with Crippen LogP contribution in [0, 0.1) is 10.5 Å². The summed E-state index contributed by atoms with van der Waals surface area (Å²) in [6, 6.07) is 7.39. The van der Waals surface area contributed by atoms with Crippen LogP contribution >= 0.6 is 57.6 Å². The lowest BCUT2D eigenvalue weighted by Gasteiger charge is -2.30. The highest BCUT2D eigenvalue weighted by Crippen LogP contribution is 2.50. The molecule has 2 heterocycles. The number of nitrogens with zero attached hydrogens (tertiary/aromatic N) is 1. The average molecular weight is 615 g/mol. The Morgan fingerprint density at radius 2 is 1.91 bits per heavy atom. The minimum Gasteiger partial charge on any atom is -0.374 e. The predicted octanol–water partition coefficient (Wildman–Crippen LogP) is 6.33. The lowest BCUT2D eigenvalue weighted by molar-refractivity contribution is -0.275. The highest BCUT2D eigenvalue weighted by molar-refractivity contribution is 14.1. The summed E-state index contributed by atoms with van der Waals surface area (Å²) in [5.41, 5.74) is -1.23. The second-order valence-electron chi connectivity index (χ2n) is 7.62. The van der Waals surface area contributed by atoms with Gasteiger partial charge in [0.15, 0.2) is 0 Å². The van der Waals surface area contributed by atoms with E-state index in [0.29, 0.717) is 20.3 Å². The van der Waals surface area contributed by atoms with Crippen LogP contribution in [0.4, 0.5) is 13.2 Å². The van der Waals surface area contributed by atoms with Gasteiger partial charge in [-0.05, 0) is 64.9 Å². The number of carbonyl (C=O) groups excluding carboxylic acids is 1. The van der Waals surface area contributed by atoms with E-state index >= 15 is 0 Å². The van der Waals surface area contributed by atoms with Gasteiger partial charge >= 0.3 is 6.18 Å². The monoisotopic (exact) mass is 614 g/mol. The number of hydrogen-bond acceptors (Lipinski definition) is 4. The largest absolute Gasteiger partial charge is 0.435 e. The minimum absolute atomic E-state index is 0.102. The van der Waals surface area contributed by atoms with Crippen molar-refractivity contribution in [2.45, 2.75) is 31.2 Å². The molecule has 0 bridgehead atoms. The summed E-state index contributed by atoms with van der Waals surface area (Å²) >= 11 is 15.8. The fraction of sp³-hybridized carbons (Fsp3) is 0.333. The molecule has 1 unspecified atom stereocenters. The number of thioether (sulfide) groups is 1. The van der Waals surface area contributed by atoms with E-state index in [4.69, 9.17) is 28.0 Å². The van der Waals surface area contributed by atoms with Crippen LogP contribution in [0.25, 0.3) is 0 Å². The zero-order valence-corrected chi connectivity index (χ0v) is 21.0. The summed E-state index contributed by atoms with van der Waals surface area (Å²) in [4.78, 5) is 17.5. The van der Waals surface area contributed by atoms with Crippen molar-refractivity contribution in [2.75, 3.05) is 11.5 Å². The zero-order chi connectivity index (χ0) is 23.3. The number of nitrogens with one attached hydrogen (secondary N) is 1. The van der Waals surface area contributed by atoms with E-state index < -0.39 is 18.2 Å². The number of amides is 1. The fourth-order valence-corrected chi connectivity index (χ4v) is 4.96. The summed E-state index contributed by atoms with van der Waals surface area (Å²) in [6.45, 7) is 1.74. The minimum atomic E-state index is -4.77. The van der Waals surface area contributed by atoms with Gasteiger partial charge in [-0.25, -0.2) is 0 Å². The SMILES string of the molecule is Cc1cc(C2=NOC(c3cc(Cl)c(I)c(Cl)c3)(C(F)(F)F)C2)ccc1C(=O)NC1CSC1. The highest BCUT2D eigenvalue weighted by Gasteiger charge is 2.62. The van der Waals surface area contributed by atoms with Gasteiger partial charge in [-0.2, -0.15) is 24.9 Å². The Morgan fingerprint density at radius 3 is 2.44 bits per heavy atom. The first kappa shape index (κ1) is 24.0. The molecule has 4 rings (SSSR count). The van der Waals surface area contributed by atoms with Gasteiger partial charge in [0, 0.05) is 35.1 Å². The van der Waals surface area contributed by atoms with Crippen molar-refractivity contribution in [3.05, 3.63) is 66.2 Å². The van der Waals surface area contributed by atoms with Crippen LogP contribution in [0.2, 0.25) is 10.0 Å². The lowest BCUT2D eigenvalue weighted by atomic mass is 9.86. The van der Waals surface area contributed by atoms with Gasteiger partial charge in [-0.15, -0.1) is 0 Å². The van der Waals surface area contributed by atoms with E-state index in [2.05, 4.69) is 10.5 Å².